The van der Waals surface area contributed by atoms with Crippen molar-refractivity contribution in [1.29, 1.82) is 5.26 Å². The fourth-order valence-electron chi connectivity index (χ4n) is 1.13. The van der Waals surface area contributed by atoms with E-state index < -0.39 is 5.78 Å². The number of hydrogen-bond donors (Lipinski definition) is 0. The first-order valence-electron chi connectivity index (χ1n) is 3.67. The zero-order valence-electron chi connectivity index (χ0n) is 7.09. The lowest BCUT2D eigenvalue weighted by molar-refractivity contribution is 0.105. The fraction of sp³-hybridized carbons (Fsp3) is 0.200. The maximum Gasteiger partial charge on any atom is 0.262 e. The molecule has 0 heterocycles. The number of benzene rings is 1. The smallest absolute Gasteiger partial charge is 0.262 e. The van der Waals surface area contributed by atoms with Crippen molar-refractivity contribution in [2.75, 3.05) is 0 Å². The molecule has 0 amide bonds. The molecule has 1 aromatic rings. The molecule has 12 heavy (non-hydrogen) atoms. The van der Waals surface area contributed by atoms with Gasteiger partial charge in [0, 0.05) is 5.56 Å². The van der Waals surface area contributed by atoms with Crippen LogP contribution in [0, 0.1) is 25.2 Å². The van der Waals surface area contributed by atoms with Crippen LogP contribution in [0.1, 0.15) is 21.5 Å². The van der Waals surface area contributed by atoms with E-state index in [9.17, 15) is 4.79 Å². The predicted molar refractivity (Wildman–Crippen MR) is 45.9 cm³/mol. The van der Waals surface area contributed by atoms with Gasteiger partial charge >= 0.3 is 0 Å². The molecule has 0 atom stereocenters. The van der Waals surface area contributed by atoms with E-state index in [1.807, 2.05) is 26.0 Å². The Morgan fingerprint density at radius 3 is 2.58 bits per heavy atom. The summed E-state index contributed by atoms with van der Waals surface area (Å²) in [5.41, 5.74) is 2.46. The van der Waals surface area contributed by atoms with E-state index in [2.05, 4.69) is 0 Å². The molecule has 0 aliphatic carbocycles. The van der Waals surface area contributed by atoms with Crippen LogP contribution in [0.4, 0.5) is 0 Å². The van der Waals surface area contributed by atoms with Crippen LogP contribution in [0.5, 0.6) is 0 Å². The van der Waals surface area contributed by atoms with Crippen LogP contribution in [0.25, 0.3) is 0 Å². The summed E-state index contributed by atoms with van der Waals surface area (Å²) >= 11 is 0. The third-order valence-electron chi connectivity index (χ3n) is 1.73. The number of rotatable bonds is 1. The highest BCUT2D eigenvalue weighted by Gasteiger charge is 2.06. The molecule has 0 radical (unpaired) electrons. The Bertz CT molecular complexity index is 361. The summed E-state index contributed by atoms with van der Waals surface area (Å²) in [6, 6.07) is 7.02. The van der Waals surface area contributed by atoms with Crippen LogP contribution >= 0.6 is 0 Å². The number of carbonyl (C=O) groups excluding carboxylic acids is 1. The minimum atomic E-state index is -0.465. The maximum atomic E-state index is 11.0. The van der Waals surface area contributed by atoms with E-state index in [-0.39, 0.29) is 0 Å². The van der Waals surface area contributed by atoms with Gasteiger partial charge in [0.05, 0.1) is 0 Å². The van der Waals surface area contributed by atoms with Gasteiger partial charge in [-0.25, -0.2) is 0 Å². The number of hydrogen-bond acceptors (Lipinski definition) is 2. The van der Waals surface area contributed by atoms with Crippen molar-refractivity contribution in [2.45, 2.75) is 13.8 Å². The molecule has 0 unspecified atom stereocenters. The molecule has 0 spiro atoms. The van der Waals surface area contributed by atoms with Gasteiger partial charge in [-0.2, -0.15) is 5.26 Å². The number of aryl methyl sites for hydroxylation is 2. The zero-order valence-corrected chi connectivity index (χ0v) is 7.09. The van der Waals surface area contributed by atoms with Gasteiger partial charge in [-0.1, -0.05) is 17.7 Å². The third-order valence-corrected chi connectivity index (χ3v) is 1.73. The standard InChI is InChI=1S/C10H9NO/c1-7-3-4-9(8(2)5-7)10(12)6-11/h3-5H,1-2H3. The van der Waals surface area contributed by atoms with Crippen molar-refractivity contribution < 1.29 is 4.79 Å². The van der Waals surface area contributed by atoms with Gasteiger partial charge in [0.25, 0.3) is 5.78 Å². The van der Waals surface area contributed by atoms with Gasteiger partial charge in [-0.15, -0.1) is 0 Å². The van der Waals surface area contributed by atoms with Gasteiger partial charge in [-0.3, -0.25) is 4.79 Å². The number of nitriles is 1. The van der Waals surface area contributed by atoms with Crippen LogP contribution in [-0.2, 0) is 0 Å². The summed E-state index contributed by atoms with van der Waals surface area (Å²) < 4.78 is 0. The summed E-state index contributed by atoms with van der Waals surface area (Å²) in [6.07, 6.45) is 0. The second-order valence-electron chi connectivity index (χ2n) is 2.76. The van der Waals surface area contributed by atoms with Gasteiger partial charge < -0.3 is 0 Å². The highest BCUT2D eigenvalue weighted by atomic mass is 16.1. The maximum absolute atomic E-state index is 11.0. The molecular weight excluding hydrogens is 150 g/mol. The first kappa shape index (κ1) is 8.48. The molecule has 0 saturated carbocycles. The Morgan fingerprint density at radius 2 is 2.08 bits per heavy atom. The molecule has 0 saturated heterocycles. The van der Waals surface area contributed by atoms with Crippen molar-refractivity contribution >= 4 is 5.78 Å². The van der Waals surface area contributed by atoms with Crippen LogP contribution in [0.3, 0.4) is 0 Å². The minimum absolute atomic E-state index is 0.465. The van der Waals surface area contributed by atoms with E-state index in [1.165, 1.54) is 0 Å². The summed E-state index contributed by atoms with van der Waals surface area (Å²) in [6.45, 7) is 3.78. The number of ketones is 1. The zero-order chi connectivity index (χ0) is 9.14. The monoisotopic (exact) mass is 159 g/mol. The van der Waals surface area contributed by atoms with Crippen LogP contribution in [0.15, 0.2) is 18.2 Å². The Balaban J connectivity index is 3.20. The van der Waals surface area contributed by atoms with Crippen molar-refractivity contribution in [3.8, 4) is 6.07 Å². The molecule has 0 fully saturated rings. The van der Waals surface area contributed by atoms with Gasteiger partial charge in [0.15, 0.2) is 0 Å². The molecule has 60 valence electrons. The average Bonchev–Trinajstić information content (AvgIpc) is 2.03. The fourth-order valence-corrected chi connectivity index (χ4v) is 1.13. The normalized spacial score (nSPS) is 9.08. The first-order valence-corrected chi connectivity index (χ1v) is 3.67. The largest absolute Gasteiger partial charge is 0.277 e. The van der Waals surface area contributed by atoms with Crippen molar-refractivity contribution in [3.05, 3.63) is 34.9 Å². The third kappa shape index (κ3) is 1.51. The molecule has 0 aliphatic rings. The number of carbonyl (C=O) groups is 1. The highest BCUT2D eigenvalue weighted by Crippen LogP contribution is 2.10. The van der Waals surface area contributed by atoms with Gasteiger partial charge in [0.1, 0.15) is 6.07 Å². The lowest BCUT2D eigenvalue weighted by atomic mass is 10.0. The van der Waals surface area contributed by atoms with Crippen molar-refractivity contribution in [3.63, 3.8) is 0 Å². The molecule has 2 heteroatoms. The minimum Gasteiger partial charge on any atom is -0.277 e. The summed E-state index contributed by atoms with van der Waals surface area (Å²) in [5, 5.41) is 8.38. The van der Waals surface area contributed by atoms with Crippen LogP contribution < -0.4 is 0 Å². The van der Waals surface area contributed by atoms with Gasteiger partial charge in [0.2, 0.25) is 0 Å². The molecule has 0 aromatic heterocycles. The highest BCUT2D eigenvalue weighted by molar-refractivity contribution is 6.08. The lowest BCUT2D eigenvalue weighted by Crippen LogP contribution is -1.97. The first-order chi connectivity index (χ1) is 5.65. The van der Waals surface area contributed by atoms with Crippen molar-refractivity contribution in [1.82, 2.24) is 0 Å². The van der Waals surface area contributed by atoms with E-state index in [0.717, 1.165) is 11.1 Å². The molecular formula is C10H9NO. The predicted octanol–water partition coefficient (Wildman–Crippen LogP) is 2.01. The quantitative estimate of drug-likeness (QED) is 0.464. The van der Waals surface area contributed by atoms with E-state index >= 15 is 0 Å². The second kappa shape index (κ2) is 3.19. The molecule has 1 rings (SSSR count). The number of nitrogens with zero attached hydrogens (tertiary/aromatic N) is 1. The Labute approximate surface area is 71.4 Å². The SMILES string of the molecule is Cc1ccc(C(=O)C#N)c(C)c1. The molecule has 1 aromatic carbocycles. The summed E-state index contributed by atoms with van der Waals surface area (Å²) in [4.78, 5) is 11.0. The summed E-state index contributed by atoms with van der Waals surface area (Å²) in [7, 11) is 0. The Kier molecular flexibility index (Phi) is 2.25. The number of Topliss-reactive ketones (excluding diaryl/α,β-unsaturated/α-hetero) is 1. The second-order valence-corrected chi connectivity index (χ2v) is 2.76. The van der Waals surface area contributed by atoms with Gasteiger partial charge in [-0.05, 0) is 25.5 Å². The average molecular weight is 159 g/mol. The van der Waals surface area contributed by atoms with E-state index in [0.29, 0.717) is 5.56 Å². The van der Waals surface area contributed by atoms with Crippen LogP contribution in [0.2, 0.25) is 0 Å². The Morgan fingerprint density at radius 1 is 1.42 bits per heavy atom. The van der Waals surface area contributed by atoms with E-state index in [1.54, 1.807) is 12.1 Å². The Hall–Kier alpha value is -1.62. The molecule has 0 N–H and O–H groups in total. The lowest BCUT2D eigenvalue weighted by Gasteiger charge is -2.00. The van der Waals surface area contributed by atoms with Crippen molar-refractivity contribution in [2.24, 2.45) is 0 Å². The topological polar surface area (TPSA) is 40.9 Å². The molecule has 2 nitrogen and oxygen atoms in total. The van der Waals surface area contributed by atoms with Crippen LogP contribution in [-0.4, -0.2) is 5.78 Å². The van der Waals surface area contributed by atoms with E-state index in [4.69, 9.17) is 5.26 Å². The molecule has 0 aliphatic heterocycles. The molecule has 0 bridgehead atoms. The summed E-state index contributed by atoms with van der Waals surface area (Å²) in [5.74, 6) is -0.465.